The average Bonchev–Trinajstić information content (AvgIpc) is 2.69. The van der Waals surface area contributed by atoms with E-state index >= 15 is 0 Å². The number of H-pyrrole nitrogens is 1. The summed E-state index contributed by atoms with van der Waals surface area (Å²) in [6, 6.07) is 5.72. The van der Waals surface area contributed by atoms with Gasteiger partial charge in [0.15, 0.2) is 6.04 Å². The normalized spacial score (nSPS) is 12.6. The van der Waals surface area contributed by atoms with Crippen molar-refractivity contribution in [2.75, 3.05) is 11.9 Å². The van der Waals surface area contributed by atoms with Crippen LogP contribution in [-0.2, 0) is 0 Å². The first-order valence-corrected chi connectivity index (χ1v) is 9.21. The molecular weight excluding hydrogens is 426 g/mol. The van der Waals surface area contributed by atoms with Crippen LogP contribution in [0.2, 0.25) is 5.02 Å². The molecule has 0 unspecified atom stereocenters. The third kappa shape index (κ3) is 4.25. The van der Waals surface area contributed by atoms with Crippen molar-refractivity contribution in [3.8, 4) is 0 Å². The van der Waals surface area contributed by atoms with E-state index in [1.54, 1.807) is 0 Å². The van der Waals surface area contributed by atoms with Gasteiger partial charge >= 0.3 is 12.2 Å². The van der Waals surface area contributed by atoms with Gasteiger partial charge in [-0.15, -0.1) is 0 Å². The van der Waals surface area contributed by atoms with Crippen molar-refractivity contribution in [2.24, 2.45) is 0 Å². The van der Waals surface area contributed by atoms with E-state index in [1.165, 1.54) is 37.3 Å². The largest absolute Gasteiger partial charge is 0.413 e. The van der Waals surface area contributed by atoms with Gasteiger partial charge in [0, 0.05) is 29.4 Å². The summed E-state index contributed by atoms with van der Waals surface area (Å²) in [6.45, 7) is 1.10. The molecule has 0 saturated heterocycles. The van der Waals surface area contributed by atoms with Crippen LogP contribution in [-0.4, -0.2) is 28.6 Å². The van der Waals surface area contributed by atoms with Crippen LogP contribution in [0.4, 0.5) is 28.0 Å². The maximum atomic E-state index is 14.1. The van der Waals surface area contributed by atoms with Crippen LogP contribution < -0.4 is 10.9 Å². The number of aromatic amines is 1. The predicted octanol–water partition coefficient (Wildman–Crippen LogP) is 5.48. The van der Waals surface area contributed by atoms with Gasteiger partial charge in [-0.25, -0.2) is 9.18 Å². The van der Waals surface area contributed by atoms with Crippen molar-refractivity contribution in [3.05, 3.63) is 75.4 Å². The lowest BCUT2D eigenvalue weighted by molar-refractivity contribution is -0.177. The number of carbonyl (C=O) groups is 1. The summed E-state index contributed by atoms with van der Waals surface area (Å²) in [5.41, 5.74) is -0.771. The molecule has 0 saturated carbocycles. The molecule has 0 bridgehead atoms. The fourth-order valence-corrected chi connectivity index (χ4v) is 3.37. The number of pyridine rings is 1. The second kappa shape index (κ2) is 8.35. The first kappa shape index (κ1) is 21.6. The molecule has 0 fully saturated rings. The Labute approximate surface area is 173 Å². The summed E-state index contributed by atoms with van der Waals surface area (Å²) >= 11 is 5.67. The lowest BCUT2D eigenvalue weighted by Gasteiger charge is -2.33. The number of rotatable bonds is 4. The van der Waals surface area contributed by atoms with Crippen LogP contribution in [0.5, 0.6) is 0 Å². The Morgan fingerprint density at radius 3 is 2.47 bits per heavy atom. The van der Waals surface area contributed by atoms with E-state index in [4.69, 9.17) is 11.6 Å². The highest BCUT2D eigenvalue weighted by atomic mass is 35.5. The van der Waals surface area contributed by atoms with Gasteiger partial charge in [-0.2, -0.15) is 13.2 Å². The van der Waals surface area contributed by atoms with Crippen LogP contribution in [0, 0.1) is 5.82 Å². The number of nitrogens with zero attached hydrogens (tertiary/aromatic N) is 1. The highest BCUT2D eigenvalue weighted by Gasteiger charge is 2.47. The lowest BCUT2D eigenvalue weighted by atomic mass is 10.00. The molecule has 1 heterocycles. The molecular formula is C20H16ClF4N3O2. The van der Waals surface area contributed by atoms with Gasteiger partial charge in [0.05, 0.1) is 5.02 Å². The fraction of sp³-hybridized carbons (Fsp3) is 0.200. The molecule has 2 N–H and O–H groups in total. The molecule has 3 rings (SSSR count). The van der Waals surface area contributed by atoms with Gasteiger partial charge in [0.1, 0.15) is 5.82 Å². The Morgan fingerprint density at radius 2 is 1.87 bits per heavy atom. The molecule has 30 heavy (non-hydrogen) atoms. The van der Waals surface area contributed by atoms with E-state index in [1.807, 2.05) is 0 Å². The second-order valence-corrected chi connectivity index (χ2v) is 6.82. The van der Waals surface area contributed by atoms with Gasteiger partial charge in [-0.05, 0) is 36.6 Å². The number of alkyl halides is 3. The fourth-order valence-electron chi connectivity index (χ4n) is 3.19. The van der Waals surface area contributed by atoms with Crippen LogP contribution in [0.1, 0.15) is 18.5 Å². The van der Waals surface area contributed by atoms with Gasteiger partial charge in [0.2, 0.25) is 0 Å². The van der Waals surface area contributed by atoms with Crippen molar-refractivity contribution in [1.29, 1.82) is 0 Å². The Balaban J connectivity index is 2.06. The van der Waals surface area contributed by atoms with Gasteiger partial charge in [-0.3, -0.25) is 4.79 Å². The molecule has 0 spiro atoms. The number of carbonyl (C=O) groups excluding carboxylic acids is 1. The van der Waals surface area contributed by atoms with E-state index in [9.17, 15) is 27.2 Å². The maximum Gasteiger partial charge on any atom is 0.413 e. The number of amides is 2. The van der Waals surface area contributed by atoms with E-state index in [0.717, 1.165) is 18.3 Å². The maximum absolute atomic E-state index is 14.1. The molecule has 0 aliphatic carbocycles. The van der Waals surface area contributed by atoms with E-state index in [0.29, 0.717) is 4.90 Å². The lowest BCUT2D eigenvalue weighted by Crippen LogP contribution is -2.44. The molecule has 0 radical (unpaired) electrons. The number of urea groups is 1. The minimum absolute atomic E-state index is 0.0390. The molecule has 10 heteroatoms. The minimum atomic E-state index is -4.84. The standard InChI is InChI=1S/C20H16ClF4N3O2/c1-2-28(19(30)27-11-7-8-16(22)15(21)9-11)17(20(23,24)25)14-10-26-18(29)13-6-4-3-5-12(13)14/h3-10,17H,2H2,1H3,(H,26,29)(H,27,30)/t17-/m1/s1. The van der Waals surface area contributed by atoms with Crippen molar-refractivity contribution in [3.63, 3.8) is 0 Å². The topological polar surface area (TPSA) is 65.2 Å². The number of halogens is 5. The summed E-state index contributed by atoms with van der Waals surface area (Å²) < 4.78 is 55.6. The SMILES string of the molecule is CCN(C(=O)Nc1ccc(F)c(Cl)c1)[C@H](c1c[nH]c(=O)c2ccccc12)C(F)(F)F. The monoisotopic (exact) mass is 441 g/mol. The van der Waals surface area contributed by atoms with Crippen molar-refractivity contribution in [2.45, 2.75) is 19.1 Å². The number of anilines is 1. The number of fused-ring (bicyclic) bond motifs is 1. The zero-order chi connectivity index (χ0) is 22.1. The van der Waals surface area contributed by atoms with Crippen LogP contribution >= 0.6 is 11.6 Å². The summed E-state index contributed by atoms with van der Waals surface area (Å²) in [5.74, 6) is -0.727. The Hall–Kier alpha value is -3.07. The molecule has 2 amide bonds. The van der Waals surface area contributed by atoms with Crippen LogP contribution in [0.15, 0.2) is 53.5 Å². The number of aromatic nitrogens is 1. The first-order chi connectivity index (χ1) is 14.1. The van der Waals surface area contributed by atoms with Crippen molar-refractivity contribution in [1.82, 2.24) is 9.88 Å². The molecule has 3 aromatic rings. The molecule has 2 aromatic carbocycles. The molecule has 1 aromatic heterocycles. The highest BCUT2D eigenvalue weighted by molar-refractivity contribution is 6.31. The second-order valence-electron chi connectivity index (χ2n) is 6.41. The number of nitrogens with one attached hydrogen (secondary N) is 2. The zero-order valence-electron chi connectivity index (χ0n) is 15.6. The first-order valence-electron chi connectivity index (χ1n) is 8.83. The Kier molecular flexibility index (Phi) is 6.02. The smallest absolute Gasteiger partial charge is 0.328 e. The summed E-state index contributed by atoms with van der Waals surface area (Å²) in [4.78, 5) is 27.6. The number of benzene rings is 2. The van der Waals surface area contributed by atoms with Gasteiger partial charge in [0.25, 0.3) is 5.56 Å². The Bertz CT molecular complexity index is 1150. The summed E-state index contributed by atoms with van der Waals surface area (Å²) in [7, 11) is 0. The molecule has 158 valence electrons. The summed E-state index contributed by atoms with van der Waals surface area (Å²) in [5, 5.41) is 2.18. The number of hydrogen-bond donors (Lipinski definition) is 2. The van der Waals surface area contributed by atoms with Gasteiger partial charge < -0.3 is 15.2 Å². The molecule has 0 aliphatic rings. The number of hydrogen-bond acceptors (Lipinski definition) is 2. The molecule has 1 atom stereocenters. The van der Waals surface area contributed by atoms with E-state index in [-0.39, 0.29) is 33.6 Å². The van der Waals surface area contributed by atoms with Crippen LogP contribution in [0.25, 0.3) is 10.8 Å². The highest BCUT2D eigenvalue weighted by Crippen LogP contribution is 2.40. The van der Waals surface area contributed by atoms with Crippen LogP contribution in [0.3, 0.4) is 0 Å². The summed E-state index contributed by atoms with van der Waals surface area (Å²) in [6.07, 6.45) is -3.87. The van der Waals surface area contributed by atoms with E-state index < -0.39 is 29.6 Å². The average molecular weight is 442 g/mol. The van der Waals surface area contributed by atoms with Crippen molar-refractivity contribution >= 4 is 34.1 Å². The van der Waals surface area contributed by atoms with E-state index in [2.05, 4.69) is 10.3 Å². The van der Waals surface area contributed by atoms with Crippen molar-refractivity contribution < 1.29 is 22.4 Å². The molecule has 5 nitrogen and oxygen atoms in total. The Morgan fingerprint density at radius 1 is 1.20 bits per heavy atom. The predicted molar refractivity (Wildman–Crippen MR) is 106 cm³/mol. The third-order valence-electron chi connectivity index (χ3n) is 4.53. The van der Waals surface area contributed by atoms with Gasteiger partial charge in [-0.1, -0.05) is 29.8 Å². The zero-order valence-corrected chi connectivity index (χ0v) is 16.3. The minimum Gasteiger partial charge on any atom is -0.328 e. The molecule has 0 aliphatic heterocycles. The quantitative estimate of drug-likeness (QED) is 0.527. The third-order valence-corrected chi connectivity index (χ3v) is 4.82.